The molecule has 0 heterocycles. The average Bonchev–Trinajstić information content (AvgIpc) is 2.48. The molecule has 0 unspecified atom stereocenters. The quantitative estimate of drug-likeness (QED) is 0.392. The largest absolute Gasteiger partial charge is 0.496 e. The fourth-order valence-electron chi connectivity index (χ4n) is 1.87. The number of methoxy groups -OCH3 is 1. The summed E-state index contributed by atoms with van der Waals surface area (Å²) in [7, 11) is 1.62. The average molecular weight is 265 g/mol. The highest BCUT2D eigenvalue weighted by Gasteiger charge is 2.05. The topological polar surface area (TPSA) is 41.8 Å². The molecule has 20 heavy (non-hydrogen) atoms. The van der Waals surface area contributed by atoms with Crippen molar-refractivity contribution >= 4 is 6.21 Å². The molecule has 0 aromatic heterocycles. The van der Waals surface area contributed by atoms with Crippen LogP contribution >= 0.6 is 0 Å². The van der Waals surface area contributed by atoms with Gasteiger partial charge in [-0.25, -0.2) is 0 Å². The van der Waals surface area contributed by atoms with E-state index in [1.54, 1.807) is 7.11 Å². The minimum atomic E-state index is 0.758. The van der Waals surface area contributed by atoms with Gasteiger partial charge in [-0.1, -0.05) is 35.2 Å². The Labute approximate surface area is 118 Å². The van der Waals surface area contributed by atoms with E-state index in [-0.39, 0.29) is 0 Å². The van der Waals surface area contributed by atoms with Gasteiger partial charge >= 0.3 is 0 Å². The summed E-state index contributed by atoms with van der Waals surface area (Å²) in [6.45, 7) is 1.93. The highest BCUT2D eigenvalue weighted by atomic mass is 16.5. The Balaban J connectivity index is 2.47. The van der Waals surface area contributed by atoms with E-state index in [1.165, 1.54) is 6.21 Å². The van der Waals surface area contributed by atoms with E-state index in [4.69, 9.17) is 9.94 Å². The standard InChI is InChI=1S/C17H15NO2/c1-13-10-16(12-18-19)15(11-17(13)20-2)9-8-14-6-4-3-5-7-14/h3-7,10-12,19H,1-2H3/b18-12+. The zero-order valence-corrected chi connectivity index (χ0v) is 11.4. The van der Waals surface area contributed by atoms with Crippen LogP contribution in [0.25, 0.3) is 0 Å². The van der Waals surface area contributed by atoms with E-state index in [2.05, 4.69) is 17.0 Å². The van der Waals surface area contributed by atoms with Gasteiger partial charge in [0.2, 0.25) is 0 Å². The molecule has 0 radical (unpaired) electrons. The SMILES string of the molecule is COc1cc(C#Cc2ccccc2)c(/C=N/O)cc1C. The lowest BCUT2D eigenvalue weighted by Crippen LogP contribution is -1.94. The number of aryl methyl sites for hydroxylation is 1. The Bertz CT molecular complexity index is 679. The van der Waals surface area contributed by atoms with Gasteiger partial charge in [0.1, 0.15) is 5.75 Å². The third-order valence-corrected chi connectivity index (χ3v) is 2.88. The van der Waals surface area contributed by atoms with E-state index in [9.17, 15) is 0 Å². The molecule has 100 valence electrons. The molecule has 3 nitrogen and oxygen atoms in total. The number of benzene rings is 2. The number of rotatable bonds is 2. The summed E-state index contributed by atoms with van der Waals surface area (Å²) in [5.74, 6) is 6.93. The Morgan fingerprint density at radius 1 is 1.15 bits per heavy atom. The second-order valence-electron chi connectivity index (χ2n) is 4.27. The first-order chi connectivity index (χ1) is 9.74. The second kappa shape index (κ2) is 6.44. The Morgan fingerprint density at radius 3 is 2.55 bits per heavy atom. The van der Waals surface area contributed by atoms with Crippen LogP contribution in [0.5, 0.6) is 5.75 Å². The molecule has 0 bridgehead atoms. The first-order valence-electron chi connectivity index (χ1n) is 6.17. The smallest absolute Gasteiger partial charge is 0.123 e. The van der Waals surface area contributed by atoms with E-state index in [1.807, 2.05) is 49.4 Å². The normalized spacial score (nSPS) is 10.1. The van der Waals surface area contributed by atoms with E-state index in [0.717, 1.165) is 28.0 Å². The fourth-order valence-corrected chi connectivity index (χ4v) is 1.87. The summed E-state index contributed by atoms with van der Waals surface area (Å²) >= 11 is 0. The highest BCUT2D eigenvalue weighted by Crippen LogP contribution is 2.21. The van der Waals surface area contributed by atoms with Crippen molar-refractivity contribution in [1.82, 2.24) is 0 Å². The van der Waals surface area contributed by atoms with E-state index >= 15 is 0 Å². The monoisotopic (exact) mass is 265 g/mol. The molecule has 3 heteroatoms. The molecule has 0 amide bonds. The molecule has 1 N–H and O–H groups in total. The molecule has 0 aliphatic carbocycles. The zero-order valence-electron chi connectivity index (χ0n) is 11.4. The fraction of sp³-hybridized carbons (Fsp3) is 0.118. The van der Waals surface area contributed by atoms with Crippen LogP contribution in [-0.2, 0) is 0 Å². The first kappa shape index (κ1) is 13.7. The van der Waals surface area contributed by atoms with Gasteiger partial charge in [0, 0.05) is 16.7 Å². The number of nitrogens with zero attached hydrogens (tertiary/aromatic N) is 1. The number of hydrogen-bond acceptors (Lipinski definition) is 3. The maximum absolute atomic E-state index is 8.74. The predicted molar refractivity (Wildman–Crippen MR) is 79.5 cm³/mol. The summed E-state index contributed by atoms with van der Waals surface area (Å²) in [5.41, 5.74) is 3.41. The number of hydrogen-bond donors (Lipinski definition) is 1. The molecule has 0 aliphatic heterocycles. The molecular weight excluding hydrogens is 250 g/mol. The van der Waals surface area contributed by atoms with Crippen molar-refractivity contribution in [2.75, 3.05) is 7.11 Å². The van der Waals surface area contributed by atoms with Crippen LogP contribution in [0.1, 0.15) is 22.3 Å². The molecule has 0 aliphatic rings. The van der Waals surface area contributed by atoms with Crippen molar-refractivity contribution in [3.8, 4) is 17.6 Å². The maximum Gasteiger partial charge on any atom is 0.123 e. The Hall–Kier alpha value is -2.73. The highest BCUT2D eigenvalue weighted by molar-refractivity contribution is 5.84. The van der Waals surface area contributed by atoms with Crippen molar-refractivity contribution in [2.45, 2.75) is 6.92 Å². The van der Waals surface area contributed by atoms with Crippen LogP contribution in [0.15, 0.2) is 47.6 Å². The molecule has 0 atom stereocenters. The van der Waals surface area contributed by atoms with Gasteiger partial charge in [-0.15, -0.1) is 0 Å². The molecule has 0 saturated heterocycles. The minimum Gasteiger partial charge on any atom is -0.496 e. The van der Waals surface area contributed by atoms with Gasteiger partial charge in [-0.05, 0) is 36.8 Å². The molecule has 2 aromatic carbocycles. The van der Waals surface area contributed by atoms with Crippen molar-refractivity contribution in [3.05, 3.63) is 64.7 Å². The van der Waals surface area contributed by atoms with Crippen molar-refractivity contribution in [2.24, 2.45) is 5.16 Å². The van der Waals surface area contributed by atoms with Gasteiger partial charge in [-0.3, -0.25) is 0 Å². The van der Waals surface area contributed by atoms with Crippen LogP contribution < -0.4 is 4.74 Å². The van der Waals surface area contributed by atoms with E-state index < -0.39 is 0 Å². The van der Waals surface area contributed by atoms with Crippen LogP contribution in [0, 0.1) is 18.8 Å². The third kappa shape index (κ3) is 3.18. The van der Waals surface area contributed by atoms with Crippen LogP contribution in [-0.4, -0.2) is 18.5 Å². The lowest BCUT2D eigenvalue weighted by Gasteiger charge is -2.07. The summed E-state index contributed by atoms with van der Waals surface area (Å²) in [6.07, 6.45) is 1.38. The Morgan fingerprint density at radius 2 is 1.90 bits per heavy atom. The van der Waals surface area contributed by atoms with Gasteiger partial charge in [-0.2, -0.15) is 0 Å². The molecule has 2 rings (SSSR count). The van der Waals surface area contributed by atoms with Crippen molar-refractivity contribution < 1.29 is 9.94 Å². The number of ether oxygens (including phenoxy) is 1. The Kier molecular flexibility index (Phi) is 4.41. The van der Waals surface area contributed by atoms with E-state index in [0.29, 0.717) is 0 Å². The predicted octanol–water partition coefficient (Wildman–Crippen LogP) is 3.21. The lowest BCUT2D eigenvalue weighted by atomic mass is 10.0. The second-order valence-corrected chi connectivity index (χ2v) is 4.27. The first-order valence-corrected chi connectivity index (χ1v) is 6.17. The molecule has 0 spiro atoms. The zero-order chi connectivity index (χ0) is 14.4. The summed E-state index contributed by atoms with van der Waals surface area (Å²) in [4.78, 5) is 0. The van der Waals surface area contributed by atoms with Crippen molar-refractivity contribution in [3.63, 3.8) is 0 Å². The van der Waals surface area contributed by atoms with Crippen LogP contribution in [0.3, 0.4) is 0 Å². The van der Waals surface area contributed by atoms with Gasteiger partial charge in [0.15, 0.2) is 0 Å². The molecule has 0 fully saturated rings. The lowest BCUT2D eigenvalue weighted by molar-refractivity contribution is 0.322. The molecular formula is C17H15NO2. The summed E-state index contributed by atoms with van der Waals surface area (Å²) in [6, 6.07) is 13.4. The minimum absolute atomic E-state index is 0.758. The van der Waals surface area contributed by atoms with Gasteiger partial charge < -0.3 is 9.94 Å². The summed E-state index contributed by atoms with van der Waals surface area (Å²) < 4.78 is 5.30. The van der Waals surface area contributed by atoms with Gasteiger partial charge in [0.25, 0.3) is 0 Å². The molecule has 0 saturated carbocycles. The van der Waals surface area contributed by atoms with Crippen LogP contribution in [0.4, 0.5) is 0 Å². The van der Waals surface area contributed by atoms with Crippen LogP contribution in [0.2, 0.25) is 0 Å². The number of oxime groups is 1. The summed E-state index contributed by atoms with van der Waals surface area (Å²) in [5, 5.41) is 11.8. The van der Waals surface area contributed by atoms with Crippen molar-refractivity contribution in [1.29, 1.82) is 0 Å². The third-order valence-electron chi connectivity index (χ3n) is 2.88. The van der Waals surface area contributed by atoms with Gasteiger partial charge in [0.05, 0.1) is 13.3 Å². The molecule has 2 aromatic rings. The maximum atomic E-state index is 8.74.